The average molecular weight is 244 g/mol. The van der Waals surface area contributed by atoms with E-state index in [-0.39, 0.29) is 0 Å². The van der Waals surface area contributed by atoms with Crippen molar-refractivity contribution in [3.63, 3.8) is 0 Å². The zero-order valence-corrected chi connectivity index (χ0v) is 11.3. The highest BCUT2D eigenvalue weighted by molar-refractivity contribution is 5.48. The Kier molecular flexibility index (Phi) is 5.43. The first-order valence-corrected chi connectivity index (χ1v) is 6.95. The fraction of sp³-hybridized carbons (Fsp3) is 0.500. The number of benzene rings is 1. The Bertz CT molecular complexity index is 353. The molecule has 0 atom stereocenters. The van der Waals surface area contributed by atoms with Crippen LogP contribution in [0.15, 0.2) is 36.4 Å². The molecule has 98 valence electrons. The van der Waals surface area contributed by atoms with Gasteiger partial charge >= 0.3 is 0 Å². The molecule has 1 aliphatic heterocycles. The van der Waals surface area contributed by atoms with E-state index in [0.29, 0.717) is 0 Å². The maximum Gasteiger partial charge on any atom is 0.0163 e. The fourth-order valence-electron chi connectivity index (χ4n) is 2.51. The van der Waals surface area contributed by atoms with Crippen molar-refractivity contribution in [2.24, 2.45) is 5.92 Å². The highest BCUT2D eigenvalue weighted by Crippen LogP contribution is 2.12. The molecule has 2 nitrogen and oxygen atoms in total. The zero-order valence-electron chi connectivity index (χ0n) is 11.3. The van der Waals surface area contributed by atoms with Gasteiger partial charge in [0.25, 0.3) is 0 Å². The zero-order chi connectivity index (χ0) is 12.6. The molecule has 0 unspecified atom stereocenters. The third-order valence-electron chi connectivity index (χ3n) is 3.56. The van der Waals surface area contributed by atoms with E-state index < -0.39 is 0 Å². The van der Waals surface area contributed by atoms with Crippen LogP contribution in [0.25, 0.3) is 6.08 Å². The van der Waals surface area contributed by atoms with E-state index >= 15 is 0 Å². The summed E-state index contributed by atoms with van der Waals surface area (Å²) in [5, 5.41) is 3.42. The molecule has 1 fully saturated rings. The molecule has 1 heterocycles. The van der Waals surface area contributed by atoms with E-state index in [1.807, 2.05) is 0 Å². The number of nitrogens with one attached hydrogen (secondary N) is 1. The molecule has 1 aromatic rings. The van der Waals surface area contributed by atoms with Crippen molar-refractivity contribution in [3.8, 4) is 0 Å². The van der Waals surface area contributed by atoms with Gasteiger partial charge in [0, 0.05) is 13.1 Å². The summed E-state index contributed by atoms with van der Waals surface area (Å²) in [5.41, 5.74) is 1.28. The van der Waals surface area contributed by atoms with Gasteiger partial charge in [-0.05, 0) is 44.5 Å². The molecule has 0 spiro atoms. The number of nitrogens with zero attached hydrogens (tertiary/aromatic N) is 1. The lowest BCUT2D eigenvalue weighted by atomic mass is 9.98. The Morgan fingerprint density at radius 1 is 1.22 bits per heavy atom. The number of rotatable bonds is 5. The Hall–Kier alpha value is -1.12. The molecule has 0 amide bonds. The molecular formula is C16H24N2. The quantitative estimate of drug-likeness (QED) is 0.856. The van der Waals surface area contributed by atoms with Crippen molar-refractivity contribution >= 4 is 6.08 Å². The predicted molar refractivity (Wildman–Crippen MR) is 78.6 cm³/mol. The third-order valence-corrected chi connectivity index (χ3v) is 3.56. The normalized spacial score (nSPS) is 17.7. The number of hydrogen-bond acceptors (Lipinski definition) is 2. The van der Waals surface area contributed by atoms with E-state index in [2.05, 4.69) is 59.7 Å². The van der Waals surface area contributed by atoms with Crippen LogP contribution in [0, 0.1) is 5.92 Å². The topological polar surface area (TPSA) is 15.3 Å². The van der Waals surface area contributed by atoms with Crippen molar-refractivity contribution in [2.75, 3.05) is 33.2 Å². The minimum atomic E-state index is 0.876. The van der Waals surface area contributed by atoms with Gasteiger partial charge in [-0.15, -0.1) is 0 Å². The minimum absolute atomic E-state index is 0.876. The fourth-order valence-corrected chi connectivity index (χ4v) is 2.51. The number of piperidine rings is 1. The first kappa shape index (κ1) is 13.3. The van der Waals surface area contributed by atoms with Crippen LogP contribution >= 0.6 is 0 Å². The second kappa shape index (κ2) is 7.34. The van der Waals surface area contributed by atoms with Gasteiger partial charge in [0.05, 0.1) is 0 Å². The summed E-state index contributed by atoms with van der Waals surface area (Å²) in [6, 6.07) is 10.5. The van der Waals surface area contributed by atoms with Crippen molar-refractivity contribution < 1.29 is 0 Å². The molecule has 0 aromatic heterocycles. The van der Waals surface area contributed by atoms with Crippen LogP contribution in [0.5, 0.6) is 0 Å². The van der Waals surface area contributed by atoms with Crippen LogP contribution in [0.4, 0.5) is 0 Å². The van der Waals surface area contributed by atoms with Gasteiger partial charge in [0.15, 0.2) is 0 Å². The van der Waals surface area contributed by atoms with E-state index in [0.717, 1.165) is 12.5 Å². The van der Waals surface area contributed by atoms with E-state index in [1.54, 1.807) is 0 Å². The second-order valence-corrected chi connectivity index (χ2v) is 5.23. The summed E-state index contributed by atoms with van der Waals surface area (Å²) < 4.78 is 0. The lowest BCUT2D eigenvalue weighted by Gasteiger charge is -2.26. The van der Waals surface area contributed by atoms with Gasteiger partial charge in [-0.1, -0.05) is 42.5 Å². The van der Waals surface area contributed by atoms with Crippen LogP contribution in [0.1, 0.15) is 18.4 Å². The summed E-state index contributed by atoms with van der Waals surface area (Å²) in [7, 11) is 2.22. The number of hydrogen-bond donors (Lipinski definition) is 1. The Morgan fingerprint density at radius 2 is 1.94 bits per heavy atom. The SMILES string of the molecule is CN(CC=Cc1ccccc1)CC1CCNCC1. The molecule has 0 saturated carbocycles. The van der Waals surface area contributed by atoms with Gasteiger partial charge in [-0.3, -0.25) is 0 Å². The van der Waals surface area contributed by atoms with E-state index in [9.17, 15) is 0 Å². The molecule has 0 bridgehead atoms. The molecule has 2 heteroatoms. The third kappa shape index (κ3) is 4.63. The monoisotopic (exact) mass is 244 g/mol. The maximum atomic E-state index is 3.42. The van der Waals surface area contributed by atoms with Gasteiger partial charge < -0.3 is 10.2 Å². The maximum absolute atomic E-state index is 3.42. The largest absolute Gasteiger partial charge is 0.317 e. The predicted octanol–water partition coefficient (Wildman–Crippen LogP) is 2.63. The summed E-state index contributed by atoms with van der Waals surface area (Å²) in [6.45, 7) is 4.65. The van der Waals surface area contributed by atoms with Gasteiger partial charge in [-0.2, -0.15) is 0 Å². The first-order chi connectivity index (χ1) is 8.84. The average Bonchev–Trinajstić information content (AvgIpc) is 2.41. The van der Waals surface area contributed by atoms with Crippen LogP contribution in [0.2, 0.25) is 0 Å². The van der Waals surface area contributed by atoms with E-state index in [4.69, 9.17) is 0 Å². The van der Waals surface area contributed by atoms with Crippen LogP contribution in [0.3, 0.4) is 0 Å². The Balaban J connectivity index is 1.71. The van der Waals surface area contributed by atoms with Crippen LogP contribution < -0.4 is 5.32 Å². The van der Waals surface area contributed by atoms with Crippen molar-refractivity contribution in [2.45, 2.75) is 12.8 Å². The summed E-state index contributed by atoms with van der Waals surface area (Å²) in [6.07, 6.45) is 7.12. The molecule has 0 aliphatic carbocycles. The molecule has 1 N–H and O–H groups in total. The Morgan fingerprint density at radius 3 is 2.67 bits per heavy atom. The highest BCUT2D eigenvalue weighted by atomic mass is 15.1. The molecular weight excluding hydrogens is 220 g/mol. The summed E-state index contributed by atoms with van der Waals surface area (Å²) >= 11 is 0. The Labute approximate surface area is 111 Å². The molecule has 1 aromatic carbocycles. The summed E-state index contributed by atoms with van der Waals surface area (Å²) in [4.78, 5) is 2.43. The molecule has 18 heavy (non-hydrogen) atoms. The van der Waals surface area contributed by atoms with Gasteiger partial charge in [0.2, 0.25) is 0 Å². The van der Waals surface area contributed by atoms with Gasteiger partial charge in [0.1, 0.15) is 0 Å². The van der Waals surface area contributed by atoms with Crippen LogP contribution in [-0.4, -0.2) is 38.1 Å². The van der Waals surface area contributed by atoms with Crippen molar-refractivity contribution in [1.82, 2.24) is 10.2 Å². The second-order valence-electron chi connectivity index (χ2n) is 5.23. The summed E-state index contributed by atoms with van der Waals surface area (Å²) in [5.74, 6) is 0.876. The van der Waals surface area contributed by atoms with Crippen molar-refractivity contribution in [1.29, 1.82) is 0 Å². The highest BCUT2D eigenvalue weighted by Gasteiger charge is 2.13. The van der Waals surface area contributed by atoms with Crippen molar-refractivity contribution in [3.05, 3.63) is 42.0 Å². The lowest BCUT2D eigenvalue weighted by Crippen LogP contribution is -2.34. The molecule has 2 rings (SSSR count). The van der Waals surface area contributed by atoms with Crippen LogP contribution in [-0.2, 0) is 0 Å². The lowest BCUT2D eigenvalue weighted by molar-refractivity contribution is 0.257. The van der Waals surface area contributed by atoms with Gasteiger partial charge in [-0.25, -0.2) is 0 Å². The smallest absolute Gasteiger partial charge is 0.0163 e. The molecule has 0 radical (unpaired) electrons. The molecule has 1 saturated heterocycles. The number of likely N-dealkylation sites (N-methyl/N-ethyl adjacent to an activating group) is 1. The molecule has 1 aliphatic rings. The van der Waals surface area contributed by atoms with E-state index in [1.165, 1.54) is 38.0 Å². The standard InChI is InChI=1S/C16H24N2/c1-18(14-16-9-11-17-12-10-16)13-5-8-15-6-3-2-4-7-15/h2-8,16-17H,9-14H2,1H3. The minimum Gasteiger partial charge on any atom is -0.317 e. The first-order valence-electron chi connectivity index (χ1n) is 6.95.